The molecule has 0 radical (unpaired) electrons. The van der Waals surface area contributed by atoms with E-state index in [1.807, 2.05) is 25.1 Å². The van der Waals surface area contributed by atoms with Crippen LogP contribution in [0.3, 0.4) is 0 Å². The molecule has 0 amide bonds. The second-order valence-electron chi connectivity index (χ2n) is 5.28. The SMILES string of the molecule is CCc1nc(C(C)(N)Cc2ccccc2OC)sc1C. The fraction of sp³-hybridized carbons (Fsp3) is 0.438. The highest BCUT2D eigenvalue weighted by molar-refractivity contribution is 7.11. The summed E-state index contributed by atoms with van der Waals surface area (Å²) in [6.45, 7) is 6.27. The molecule has 1 aromatic carbocycles. The topological polar surface area (TPSA) is 48.1 Å². The number of thiazole rings is 1. The maximum Gasteiger partial charge on any atom is 0.122 e. The van der Waals surface area contributed by atoms with Crippen molar-refractivity contribution in [2.75, 3.05) is 7.11 Å². The molecule has 3 nitrogen and oxygen atoms in total. The predicted octanol–water partition coefficient (Wildman–Crippen LogP) is 3.44. The average Bonchev–Trinajstić information content (AvgIpc) is 2.81. The molecule has 0 bridgehead atoms. The highest BCUT2D eigenvalue weighted by Gasteiger charge is 2.27. The highest BCUT2D eigenvalue weighted by Crippen LogP contribution is 2.31. The fourth-order valence-electron chi connectivity index (χ4n) is 2.32. The highest BCUT2D eigenvalue weighted by atomic mass is 32.1. The summed E-state index contributed by atoms with van der Waals surface area (Å²) in [4.78, 5) is 5.97. The average molecular weight is 290 g/mol. The van der Waals surface area contributed by atoms with Crippen LogP contribution in [0, 0.1) is 6.92 Å². The molecule has 1 aromatic heterocycles. The Morgan fingerprint density at radius 2 is 2.05 bits per heavy atom. The summed E-state index contributed by atoms with van der Waals surface area (Å²) in [5.74, 6) is 0.883. The molecule has 0 aliphatic heterocycles. The van der Waals surface area contributed by atoms with Crippen LogP contribution < -0.4 is 10.5 Å². The number of para-hydroxylation sites is 1. The monoisotopic (exact) mass is 290 g/mol. The molecule has 108 valence electrons. The summed E-state index contributed by atoms with van der Waals surface area (Å²) in [5.41, 5.74) is 8.32. The van der Waals surface area contributed by atoms with Crippen LogP contribution >= 0.6 is 11.3 Å². The van der Waals surface area contributed by atoms with Gasteiger partial charge in [-0.1, -0.05) is 25.1 Å². The zero-order valence-electron chi connectivity index (χ0n) is 12.6. The number of aromatic nitrogens is 1. The number of nitrogens with two attached hydrogens (primary N) is 1. The van der Waals surface area contributed by atoms with Crippen LogP contribution in [0.1, 0.15) is 35.0 Å². The Morgan fingerprint density at radius 3 is 2.65 bits per heavy atom. The van der Waals surface area contributed by atoms with Crippen molar-refractivity contribution in [1.29, 1.82) is 0 Å². The third-order valence-electron chi connectivity index (χ3n) is 3.47. The Balaban J connectivity index is 2.30. The van der Waals surface area contributed by atoms with E-state index in [4.69, 9.17) is 15.5 Å². The molecule has 2 rings (SSSR count). The Hall–Kier alpha value is -1.39. The molecule has 0 aliphatic carbocycles. The van der Waals surface area contributed by atoms with Crippen LogP contribution in [0.2, 0.25) is 0 Å². The zero-order chi connectivity index (χ0) is 14.8. The van der Waals surface area contributed by atoms with Gasteiger partial charge >= 0.3 is 0 Å². The molecule has 0 fully saturated rings. The van der Waals surface area contributed by atoms with Gasteiger partial charge in [0.05, 0.1) is 18.3 Å². The lowest BCUT2D eigenvalue weighted by Gasteiger charge is -2.23. The van der Waals surface area contributed by atoms with Crippen molar-refractivity contribution in [3.8, 4) is 5.75 Å². The summed E-state index contributed by atoms with van der Waals surface area (Å²) in [6, 6.07) is 8.01. The summed E-state index contributed by atoms with van der Waals surface area (Å²) in [6.07, 6.45) is 1.67. The van der Waals surface area contributed by atoms with Crippen LogP contribution in [0.15, 0.2) is 24.3 Å². The first-order valence-corrected chi connectivity index (χ1v) is 7.67. The van der Waals surface area contributed by atoms with Gasteiger partial charge in [0.25, 0.3) is 0 Å². The van der Waals surface area contributed by atoms with E-state index in [1.165, 1.54) is 4.88 Å². The van der Waals surface area contributed by atoms with Crippen molar-refractivity contribution in [1.82, 2.24) is 4.98 Å². The third kappa shape index (κ3) is 3.02. The molecule has 4 heteroatoms. The van der Waals surface area contributed by atoms with Crippen LogP contribution in [0.5, 0.6) is 5.75 Å². The van der Waals surface area contributed by atoms with Crippen molar-refractivity contribution in [3.05, 3.63) is 45.4 Å². The first-order chi connectivity index (χ1) is 9.47. The van der Waals surface area contributed by atoms with Gasteiger partial charge in [-0.2, -0.15) is 0 Å². The van der Waals surface area contributed by atoms with Gasteiger partial charge in [-0.05, 0) is 31.9 Å². The van der Waals surface area contributed by atoms with Gasteiger partial charge < -0.3 is 10.5 Å². The standard InChI is InChI=1S/C16H22N2OS/c1-5-13-11(2)20-15(18-13)16(3,17)10-12-8-6-7-9-14(12)19-4/h6-9H,5,10,17H2,1-4H3. The number of hydrogen-bond donors (Lipinski definition) is 1. The molecule has 1 heterocycles. The number of hydrogen-bond acceptors (Lipinski definition) is 4. The number of ether oxygens (including phenoxy) is 1. The van der Waals surface area contributed by atoms with E-state index < -0.39 is 5.54 Å². The Bertz CT molecular complexity index is 590. The molecule has 2 aromatic rings. The number of nitrogens with zero attached hydrogens (tertiary/aromatic N) is 1. The maximum atomic E-state index is 6.52. The molecule has 0 aliphatic rings. The number of benzene rings is 1. The van der Waals surface area contributed by atoms with E-state index in [9.17, 15) is 0 Å². The smallest absolute Gasteiger partial charge is 0.122 e. The third-order valence-corrected chi connectivity index (χ3v) is 4.76. The van der Waals surface area contributed by atoms with E-state index in [0.29, 0.717) is 6.42 Å². The normalized spacial score (nSPS) is 14.1. The van der Waals surface area contributed by atoms with Gasteiger partial charge in [-0.25, -0.2) is 4.98 Å². The number of methoxy groups -OCH3 is 1. The summed E-state index contributed by atoms with van der Waals surface area (Å²) in [7, 11) is 1.69. The van der Waals surface area contributed by atoms with Crippen LogP contribution in [0.25, 0.3) is 0 Å². The fourth-order valence-corrected chi connectivity index (χ4v) is 3.38. The maximum absolute atomic E-state index is 6.52. The minimum atomic E-state index is -0.475. The van der Waals surface area contributed by atoms with Gasteiger partial charge in [0.2, 0.25) is 0 Å². The van der Waals surface area contributed by atoms with Gasteiger partial charge in [-0.15, -0.1) is 11.3 Å². The van der Waals surface area contributed by atoms with E-state index >= 15 is 0 Å². The Kier molecular flexibility index (Phi) is 4.45. The van der Waals surface area contributed by atoms with Crippen molar-refractivity contribution in [2.24, 2.45) is 5.73 Å². The second-order valence-corrected chi connectivity index (χ2v) is 6.48. The lowest BCUT2D eigenvalue weighted by molar-refractivity contribution is 0.399. The zero-order valence-corrected chi connectivity index (χ0v) is 13.4. The Morgan fingerprint density at radius 1 is 1.35 bits per heavy atom. The second kappa shape index (κ2) is 5.94. The van der Waals surface area contributed by atoms with E-state index in [1.54, 1.807) is 18.4 Å². The molecule has 1 atom stereocenters. The van der Waals surface area contributed by atoms with E-state index in [-0.39, 0.29) is 0 Å². The molecule has 0 saturated heterocycles. The molecule has 1 unspecified atom stereocenters. The van der Waals surface area contributed by atoms with Gasteiger partial charge in [0.15, 0.2) is 0 Å². The predicted molar refractivity (Wildman–Crippen MR) is 84.5 cm³/mol. The van der Waals surface area contributed by atoms with E-state index in [0.717, 1.165) is 28.4 Å². The van der Waals surface area contributed by atoms with Crippen LogP contribution in [0.4, 0.5) is 0 Å². The number of aryl methyl sites for hydroxylation is 2. The molecular weight excluding hydrogens is 268 g/mol. The summed E-state index contributed by atoms with van der Waals surface area (Å²) in [5, 5.41) is 0.998. The van der Waals surface area contributed by atoms with Gasteiger partial charge in [-0.3, -0.25) is 0 Å². The molecule has 0 spiro atoms. The molecule has 20 heavy (non-hydrogen) atoms. The Labute approximate surface area is 124 Å². The van der Waals surface area contributed by atoms with Crippen molar-refractivity contribution >= 4 is 11.3 Å². The van der Waals surface area contributed by atoms with Crippen LogP contribution in [-0.4, -0.2) is 12.1 Å². The van der Waals surface area contributed by atoms with Gasteiger partial charge in [0.1, 0.15) is 10.8 Å². The van der Waals surface area contributed by atoms with Crippen LogP contribution in [-0.2, 0) is 18.4 Å². The van der Waals surface area contributed by atoms with E-state index in [2.05, 4.69) is 19.9 Å². The molecule has 2 N–H and O–H groups in total. The minimum absolute atomic E-state index is 0.475. The lowest BCUT2D eigenvalue weighted by atomic mass is 9.94. The van der Waals surface area contributed by atoms with Crippen molar-refractivity contribution in [2.45, 2.75) is 39.2 Å². The van der Waals surface area contributed by atoms with Crippen molar-refractivity contribution < 1.29 is 4.74 Å². The summed E-state index contributed by atoms with van der Waals surface area (Å²) < 4.78 is 5.40. The minimum Gasteiger partial charge on any atom is -0.496 e. The first kappa shape index (κ1) is 15.0. The van der Waals surface area contributed by atoms with Gasteiger partial charge in [0, 0.05) is 11.3 Å². The quantitative estimate of drug-likeness (QED) is 0.917. The summed E-state index contributed by atoms with van der Waals surface area (Å²) >= 11 is 1.70. The first-order valence-electron chi connectivity index (χ1n) is 6.85. The molecular formula is C16H22N2OS. The number of rotatable bonds is 5. The van der Waals surface area contributed by atoms with Crippen molar-refractivity contribution in [3.63, 3.8) is 0 Å². The largest absolute Gasteiger partial charge is 0.496 e. The lowest BCUT2D eigenvalue weighted by Crippen LogP contribution is -2.35. The molecule has 0 saturated carbocycles.